The third-order valence-corrected chi connectivity index (χ3v) is 5.73. The molecule has 1 aromatic carbocycles. The van der Waals surface area contributed by atoms with Crippen LogP contribution in [0.3, 0.4) is 0 Å². The summed E-state index contributed by atoms with van der Waals surface area (Å²) in [5, 5.41) is 7.68. The Kier molecular flexibility index (Phi) is 6.39. The Hall–Kier alpha value is -2.47. The lowest BCUT2D eigenvalue weighted by Crippen LogP contribution is -2.31. The average molecular weight is 394 g/mol. The minimum Gasteiger partial charge on any atom is -0.351 e. The second-order valence-corrected chi connectivity index (χ2v) is 8.37. The van der Waals surface area contributed by atoms with Gasteiger partial charge in [-0.25, -0.2) is 9.67 Å². The van der Waals surface area contributed by atoms with Crippen LogP contribution in [0, 0.1) is 5.92 Å². The summed E-state index contributed by atoms with van der Waals surface area (Å²) in [6, 6.07) is 9.87. The molecule has 1 amide bonds. The van der Waals surface area contributed by atoms with E-state index in [9.17, 15) is 4.79 Å². The first-order valence-corrected chi connectivity index (χ1v) is 10.8. The van der Waals surface area contributed by atoms with Gasteiger partial charge in [-0.1, -0.05) is 42.0 Å². The third kappa shape index (κ3) is 5.76. The Morgan fingerprint density at radius 1 is 1.24 bits per heavy atom. The molecule has 0 spiro atoms. The van der Waals surface area contributed by atoms with Gasteiger partial charge in [0.2, 0.25) is 5.91 Å². The molecule has 0 saturated heterocycles. The molecule has 154 valence electrons. The van der Waals surface area contributed by atoms with E-state index in [4.69, 9.17) is 10.7 Å². The van der Waals surface area contributed by atoms with E-state index in [1.165, 1.54) is 31.3 Å². The first-order valence-electron chi connectivity index (χ1n) is 10.8. The van der Waals surface area contributed by atoms with Crippen molar-refractivity contribution in [2.24, 2.45) is 11.7 Å². The minimum atomic E-state index is -0.285. The monoisotopic (exact) mass is 393 g/mol. The molecule has 3 N–H and O–H groups in total. The number of nitrogens with one attached hydrogen (secondary N) is 1. The van der Waals surface area contributed by atoms with Crippen LogP contribution in [0.25, 0.3) is 0 Å². The molecule has 0 unspecified atom stereocenters. The van der Waals surface area contributed by atoms with Gasteiger partial charge in [0.15, 0.2) is 5.82 Å². The first kappa shape index (κ1) is 19.8. The van der Waals surface area contributed by atoms with Crippen molar-refractivity contribution in [3.63, 3.8) is 0 Å². The maximum atomic E-state index is 12.6. The van der Waals surface area contributed by atoms with Crippen molar-refractivity contribution in [2.45, 2.75) is 64.0 Å². The van der Waals surface area contributed by atoms with Crippen molar-refractivity contribution in [3.05, 3.63) is 59.2 Å². The predicted molar refractivity (Wildman–Crippen MR) is 113 cm³/mol. The fourth-order valence-electron chi connectivity index (χ4n) is 3.89. The molecule has 1 fully saturated rings. The van der Waals surface area contributed by atoms with Crippen molar-refractivity contribution < 1.29 is 4.79 Å². The van der Waals surface area contributed by atoms with Crippen LogP contribution in [0.5, 0.6) is 0 Å². The van der Waals surface area contributed by atoms with Gasteiger partial charge in [0, 0.05) is 13.0 Å². The number of nitrogens with zero attached hydrogens (tertiary/aromatic N) is 3. The Balaban J connectivity index is 1.42. The molecular formula is C23H31N5O. The standard InChI is InChI=1S/C23H31N5O/c24-20(13-17-7-3-1-4-8-17)23-26-21(14-18-11-12-18)27-28(23)16-22(29)25-15-19-9-5-2-6-10-19/h1,3-4,7-9,18,20H,2,5-6,10-16,24H2,(H,25,29)/t20-/m1/s1. The zero-order chi connectivity index (χ0) is 20.1. The van der Waals surface area contributed by atoms with Gasteiger partial charge in [-0.2, -0.15) is 5.10 Å². The van der Waals surface area contributed by atoms with Crippen LogP contribution in [0.1, 0.15) is 61.8 Å². The molecule has 0 bridgehead atoms. The van der Waals surface area contributed by atoms with Crippen LogP contribution in [0.15, 0.2) is 42.0 Å². The van der Waals surface area contributed by atoms with E-state index in [-0.39, 0.29) is 18.5 Å². The molecule has 1 heterocycles. The number of hydrogen-bond acceptors (Lipinski definition) is 4. The first-order chi connectivity index (χ1) is 14.2. The number of allylic oxidation sites excluding steroid dienone is 1. The normalized spacial score (nSPS) is 17.6. The second kappa shape index (κ2) is 9.35. The highest BCUT2D eigenvalue weighted by Gasteiger charge is 2.26. The Labute approximate surface area is 172 Å². The van der Waals surface area contributed by atoms with Crippen LogP contribution >= 0.6 is 0 Å². The summed E-state index contributed by atoms with van der Waals surface area (Å²) in [5.74, 6) is 2.17. The average Bonchev–Trinajstić information content (AvgIpc) is 3.46. The van der Waals surface area contributed by atoms with E-state index in [0.717, 1.165) is 30.7 Å². The summed E-state index contributed by atoms with van der Waals surface area (Å²) in [6.07, 6.45) is 11.0. The summed E-state index contributed by atoms with van der Waals surface area (Å²) in [4.78, 5) is 17.3. The lowest BCUT2D eigenvalue weighted by molar-refractivity contribution is -0.121. The van der Waals surface area contributed by atoms with E-state index >= 15 is 0 Å². The molecule has 2 aromatic rings. The summed E-state index contributed by atoms with van der Waals surface area (Å²) in [7, 11) is 0. The van der Waals surface area contributed by atoms with E-state index in [1.54, 1.807) is 4.68 Å². The predicted octanol–water partition coefficient (Wildman–Crippen LogP) is 3.09. The molecule has 2 aliphatic rings. The number of carbonyl (C=O) groups is 1. The zero-order valence-electron chi connectivity index (χ0n) is 17.0. The van der Waals surface area contributed by atoms with Crippen molar-refractivity contribution in [1.29, 1.82) is 0 Å². The van der Waals surface area contributed by atoms with Gasteiger partial charge in [-0.05, 0) is 56.4 Å². The molecule has 29 heavy (non-hydrogen) atoms. The van der Waals surface area contributed by atoms with Crippen LogP contribution in [0.4, 0.5) is 0 Å². The molecule has 6 nitrogen and oxygen atoms in total. The fourth-order valence-corrected chi connectivity index (χ4v) is 3.89. The molecule has 0 aliphatic heterocycles. The molecule has 0 radical (unpaired) electrons. The summed E-state index contributed by atoms with van der Waals surface area (Å²) >= 11 is 0. The SMILES string of the molecule is N[C@H](Cc1ccccc1)c1nc(CC2CC2)nn1CC(=O)NCC1=CCCCC1. The van der Waals surface area contributed by atoms with Gasteiger partial charge < -0.3 is 11.1 Å². The molecular weight excluding hydrogens is 362 g/mol. The topological polar surface area (TPSA) is 85.8 Å². The number of carbonyl (C=O) groups excluding carboxylic acids is 1. The third-order valence-electron chi connectivity index (χ3n) is 5.73. The summed E-state index contributed by atoms with van der Waals surface area (Å²) < 4.78 is 1.72. The molecule has 4 rings (SSSR count). The molecule has 6 heteroatoms. The maximum absolute atomic E-state index is 12.6. The highest BCUT2D eigenvalue weighted by atomic mass is 16.2. The fraction of sp³-hybridized carbons (Fsp3) is 0.522. The zero-order valence-corrected chi connectivity index (χ0v) is 17.0. The summed E-state index contributed by atoms with van der Waals surface area (Å²) in [6.45, 7) is 0.802. The second-order valence-electron chi connectivity index (χ2n) is 8.37. The van der Waals surface area contributed by atoms with E-state index in [1.807, 2.05) is 18.2 Å². The number of amides is 1. The van der Waals surface area contributed by atoms with E-state index < -0.39 is 0 Å². The number of rotatable bonds is 9. The largest absolute Gasteiger partial charge is 0.351 e. The number of benzene rings is 1. The molecule has 1 saturated carbocycles. The van der Waals surface area contributed by atoms with E-state index in [2.05, 4.69) is 28.6 Å². The van der Waals surface area contributed by atoms with Crippen LogP contribution < -0.4 is 11.1 Å². The van der Waals surface area contributed by atoms with Crippen LogP contribution in [-0.2, 0) is 24.2 Å². The van der Waals surface area contributed by atoms with Crippen molar-refractivity contribution >= 4 is 5.91 Å². The van der Waals surface area contributed by atoms with Gasteiger partial charge in [-0.3, -0.25) is 4.79 Å². The molecule has 2 aliphatic carbocycles. The lowest BCUT2D eigenvalue weighted by Gasteiger charge is -2.15. The van der Waals surface area contributed by atoms with E-state index in [0.29, 0.717) is 24.7 Å². The van der Waals surface area contributed by atoms with Gasteiger partial charge >= 0.3 is 0 Å². The van der Waals surface area contributed by atoms with Gasteiger partial charge in [-0.15, -0.1) is 0 Å². The van der Waals surface area contributed by atoms with Crippen molar-refractivity contribution in [2.75, 3.05) is 6.54 Å². The highest BCUT2D eigenvalue weighted by Crippen LogP contribution is 2.32. The lowest BCUT2D eigenvalue weighted by atomic mass is 10.00. The quantitative estimate of drug-likeness (QED) is 0.641. The van der Waals surface area contributed by atoms with Gasteiger partial charge in [0.05, 0.1) is 6.04 Å². The number of nitrogens with two attached hydrogens (primary N) is 1. The van der Waals surface area contributed by atoms with Crippen molar-refractivity contribution in [3.8, 4) is 0 Å². The minimum absolute atomic E-state index is 0.0347. The van der Waals surface area contributed by atoms with Crippen molar-refractivity contribution in [1.82, 2.24) is 20.1 Å². The smallest absolute Gasteiger partial charge is 0.242 e. The Bertz CT molecular complexity index is 853. The Morgan fingerprint density at radius 3 is 2.79 bits per heavy atom. The van der Waals surface area contributed by atoms with Crippen LogP contribution in [0.2, 0.25) is 0 Å². The van der Waals surface area contributed by atoms with Gasteiger partial charge in [0.1, 0.15) is 12.4 Å². The Morgan fingerprint density at radius 2 is 2.07 bits per heavy atom. The number of hydrogen-bond donors (Lipinski definition) is 2. The number of aromatic nitrogens is 3. The van der Waals surface area contributed by atoms with Gasteiger partial charge in [0.25, 0.3) is 0 Å². The maximum Gasteiger partial charge on any atom is 0.242 e. The molecule has 1 aromatic heterocycles. The summed E-state index contributed by atoms with van der Waals surface area (Å²) in [5.41, 5.74) is 8.98. The molecule has 1 atom stereocenters. The highest BCUT2D eigenvalue weighted by molar-refractivity contribution is 5.75. The van der Waals surface area contributed by atoms with Crippen LogP contribution in [-0.4, -0.2) is 27.2 Å².